The quantitative estimate of drug-likeness (QED) is 0.535. The fraction of sp³-hybridized carbons (Fsp3) is 0.0500. The van der Waals surface area contributed by atoms with Crippen molar-refractivity contribution in [2.75, 3.05) is 0 Å². The van der Waals surface area contributed by atoms with Crippen molar-refractivity contribution in [1.29, 1.82) is 5.26 Å². The first kappa shape index (κ1) is 16.3. The lowest BCUT2D eigenvalue weighted by Gasteiger charge is -2.04. The Morgan fingerprint density at radius 2 is 2.08 bits per heavy atom. The van der Waals surface area contributed by atoms with Crippen molar-refractivity contribution in [3.8, 4) is 6.07 Å². The van der Waals surface area contributed by atoms with Crippen LogP contribution in [0.25, 0.3) is 17.0 Å². The Labute approximate surface area is 143 Å². The summed E-state index contributed by atoms with van der Waals surface area (Å²) in [6.07, 6.45) is 4.59. The third-order valence-corrected chi connectivity index (χ3v) is 3.61. The van der Waals surface area contributed by atoms with Crippen LogP contribution in [0.4, 0.5) is 4.39 Å². The third kappa shape index (κ3) is 3.88. The fourth-order valence-corrected chi connectivity index (χ4v) is 2.35. The zero-order chi connectivity index (χ0) is 17.6. The molecule has 25 heavy (non-hydrogen) atoms. The molecule has 4 nitrogen and oxygen atoms in total. The number of nitrogens with zero attached hydrogens (tertiary/aromatic N) is 2. The molecule has 0 saturated carbocycles. The molecule has 0 atom stereocenters. The molecule has 2 aromatic carbocycles. The van der Waals surface area contributed by atoms with Crippen LogP contribution in [0, 0.1) is 17.1 Å². The second-order valence-electron chi connectivity index (χ2n) is 5.28. The zero-order valence-corrected chi connectivity index (χ0v) is 13.1. The van der Waals surface area contributed by atoms with E-state index in [1.807, 2.05) is 36.4 Å². The Hall–Kier alpha value is -3.52. The molecule has 5 heteroatoms. The minimum absolute atomic E-state index is 0.200. The van der Waals surface area contributed by atoms with Crippen molar-refractivity contribution >= 4 is 22.9 Å². The molecule has 0 aliphatic rings. The first-order valence-corrected chi connectivity index (χ1v) is 7.54. The van der Waals surface area contributed by atoms with Gasteiger partial charge in [-0.2, -0.15) is 5.26 Å². The van der Waals surface area contributed by atoms with E-state index in [1.54, 1.807) is 12.3 Å². The Morgan fingerprint density at radius 1 is 1.24 bits per heavy atom. The van der Waals surface area contributed by atoms with Crippen molar-refractivity contribution in [3.05, 3.63) is 83.3 Å². The molecule has 0 fully saturated rings. The molecular weight excluding hydrogens is 319 g/mol. The number of para-hydroxylation sites is 1. The second kappa shape index (κ2) is 7.37. The maximum atomic E-state index is 13.7. The van der Waals surface area contributed by atoms with E-state index in [1.165, 1.54) is 18.2 Å². The fourth-order valence-electron chi connectivity index (χ4n) is 2.35. The number of carbonyl (C=O) groups excluding carboxylic acids is 1. The summed E-state index contributed by atoms with van der Waals surface area (Å²) in [4.78, 5) is 16.2. The van der Waals surface area contributed by atoms with Gasteiger partial charge in [-0.1, -0.05) is 30.3 Å². The van der Waals surface area contributed by atoms with Crippen LogP contribution in [0.5, 0.6) is 0 Å². The van der Waals surface area contributed by atoms with Crippen molar-refractivity contribution in [2.45, 2.75) is 6.61 Å². The lowest BCUT2D eigenvalue weighted by Crippen LogP contribution is -2.02. The van der Waals surface area contributed by atoms with Gasteiger partial charge in [0.25, 0.3) is 0 Å². The van der Waals surface area contributed by atoms with Gasteiger partial charge in [0.2, 0.25) is 0 Å². The van der Waals surface area contributed by atoms with E-state index < -0.39 is 11.8 Å². The number of rotatable bonds is 4. The van der Waals surface area contributed by atoms with Crippen LogP contribution in [-0.4, -0.2) is 11.0 Å². The smallest absolute Gasteiger partial charge is 0.331 e. The lowest BCUT2D eigenvalue weighted by atomic mass is 10.1. The van der Waals surface area contributed by atoms with Gasteiger partial charge in [-0.05, 0) is 24.3 Å². The lowest BCUT2D eigenvalue weighted by molar-refractivity contribution is -0.138. The average Bonchev–Trinajstić information content (AvgIpc) is 2.65. The summed E-state index contributed by atoms with van der Waals surface area (Å²) in [5, 5.41) is 9.68. The van der Waals surface area contributed by atoms with Gasteiger partial charge in [0, 0.05) is 28.8 Å². The number of fused-ring (bicyclic) bond motifs is 1. The number of halogens is 1. The number of hydrogen-bond donors (Lipinski definition) is 0. The number of aromatic nitrogens is 1. The Kier molecular flexibility index (Phi) is 4.82. The monoisotopic (exact) mass is 332 g/mol. The highest BCUT2D eigenvalue weighted by molar-refractivity contribution is 5.92. The van der Waals surface area contributed by atoms with E-state index >= 15 is 0 Å². The van der Waals surface area contributed by atoms with E-state index in [9.17, 15) is 9.18 Å². The van der Waals surface area contributed by atoms with Crippen LogP contribution in [0.3, 0.4) is 0 Å². The first-order chi connectivity index (χ1) is 12.2. The van der Waals surface area contributed by atoms with Crippen molar-refractivity contribution in [1.82, 2.24) is 4.98 Å². The maximum absolute atomic E-state index is 13.7. The highest BCUT2D eigenvalue weighted by atomic mass is 19.1. The first-order valence-electron chi connectivity index (χ1n) is 7.54. The van der Waals surface area contributed by atoms with Gasteiger partial charge in [-0.15, -0.1) is 0 Å². The van der Waals surface area contributed by atoms with E-state index in [0.717, 1.165) is 22.5 Å². The molecule has 0 unspecified atom stereocenters. The van der Waals surface area contributed by atoms with Crippen LogP contribution in [0.2, 0.25) is 0 Å². The molecule has 0 aliphatic carbocycles. The molecule has 3 aromatic rings. The van der Waals surface area contributed by atoms with E-state index in [2.05, 4.69) is 4.98 Å². The molecule has 0 saturated heterocycles. The molecule has 0 spiro atoms. The van der Waals surface area contributed by atoms with Crippen molar-refractivity contribution in [3.63, 3.8) is 0 Å². The predicted molar refractivity (Wildman–Crippen MR) is 91.7 cm³/mol. The Balaban J connectivity index is 1.68. The molecular formula is C20H13FN2O2. The molecule has 0 amide bonds. The Morgan fingerprint density at radius 3 is 2.88 bits per heavy atom. The highest BCUT2D eigenvalue weighted by Crippen LogP contribution is 2.17. The van der Waals surface area contributed by atoms with Crippen LogP contribution >= 0.6 is 0 Å². The van der Waals surface area contributed by atoms with Gasteiger partial charge in [-0.25, -0.2) is 9.18 Å². The van der Waals surface area contributed by atoms with E-state index in [0.29, 0.717) is 0 Å². The number of nitriles is 1. The minimum atomic E-state index is -0.586. The van der Waals surface area contributed by atoms with Gasteiger partial charge < -0.3 is 4.74 Å². The largest absolute Gasteiger partial charge is 0.458 e. The number of carbonyl (C=O) groups is 1. The second-order valence-corrected chi connectivity index (χ2v) is 5.28. The van der Waals surface area contributed by atoms with Gasteiger partial charge in [0.1, 0.15) is 12.4 Å². The number of pyridine rings is 1. The summed E-state index contributed by atoms with van der Waals surface area (Å²) in [5.41, 5.74) is 2.01. The molecule has 0 aliphatic heterocycles. The number of ether oxygens (including phenoxy) is 1. The summed E-state index contributed by atoms with van der Waals surface area (Å²) in [5.74, 6) is -1.16. The summed E-state index contributed by atoms with van der Waals surface area (Å²) < 4.78 is 18.8. The van der Waals surface area contributed by atoms with Gasteiger partial charge >= 0.3 is 5.97 Å². The van der Waals surface area contributed by atoms with Crippen LogP contribution in [0.1, 0.15) is 16.7 Å². The van der Waals surface area contributed by atoms with E-state index in [-0.39, 0.29) is 17.7 Å². The summed E-state index contributed by atoms with van der Waals surface area (Å²) >= 11 is 0. The van der Waals surface area contributed by atoms with Crippen LogP contribution in [0.15, 0.2) is 60.8 Å². The molecule has 0 radical (unpaired) electrons. The van der Waals surface area contributed by atoms with Gasteiger partial charge in [0.05, 0.1) is 17.1 Å². The van der Waals surface area contributed by atoms with Crippen molar-refractivity contribution in [2.24, 2.45) is 0 Å². The van der Waals surface area contributed by atoms with Gasteiger partial charge in [0.15, 0.2) is 0 Å². The maximum Gasteiger partial charge on any atom is 0.331 e. The standard InChI is InChI=1S/C20H13FN2O2/c21-18-11-14(12-22)6-7-17(18)13-25-19(24)9-8-16-4-1-3-15-5-2-10-23-20(15)16/h1-11H,13H2/b9-8-. The van der Waals surface area contributed by atoms with E-state index in [4.69, 9.17) is 10.00 Å². The molecule has 0 bridgehead atoms. The summed E-state index contributed by atoms with van der Waals surface area (Å²) in [6, 6.07) is 15.3. The minimum Gasteiger partial charge on any atom is -0.458 e. The molecule has 122 valence electrons. The molecule has 1 aromatic heterocycles. The number of hydrogen-bond acceptors (Lipinski definition) is 4. The topological polar surface area (TPSA) is 63.0 Å². The average molecular weight is 332 g/mol. The number of esters is 1. The highest BCUT2D eigenvalue weighted by Gasteiger charge is 2.06. The third-order valence-electron chi connectivity index (χ3n) is 3.61. The predicted octanol–water partition coefficient (Wildman–Crippen LogP) is 4.00. The molecule has 1 heterocycles. The zero-order valence-electron chi connectivity index (χ0n) is 13.1. The van der Waals surface area contributed by atoms with Crippen LogP contribution < -0.4 is 0 Å². The SMILES string of the molecule is N#Cc1ccc(COC(=O)/C=C\c2cccc3cccnc23)c(F)c1. The van der Waals surface area contributed by atoms with Crippen LogP contribution in [-0.2, 0) is 16.1 Å². The molecule has 0 N–H and O–H groups in total. The van der Waals surface area contributed by atoms with Gasteiger partial charge in [-0.3, -0.25) is 4.98 Å². The normalized spacial score (nSPS) is 10.7. The molecule has 3 rings (SSSR count). The van der Waals surface area contributed by atoms with Crippen molar-refractivity contribution < 1.29 is 13.9 Å². The summed E-state index contributed by atoms with van der Waals surface area (Å²) in [7, 11) is 0. The number of benzene rings is 2. The summed E-state index contributed by atoms with van der Waals surface area (Å²) in [6.45, 7) is -0.200. The Bertz CT molecular complexity index is 1000.